The molecule has 1 unspecified atom stereocenters. The number of rotatable bonds is 2. The van der Waals surface area contributed by atoms with E-state index >= 15 is 0 Å². The molecule has 4 heteroatoms. The molecule has 0 bridgehead atoms. The van der Waals surface area contributed by atoms with Crippen molar-refractivity contribution in [3.05, 3.63) is 0 Å². The highest BCUT2D eigenvalue weighted by molar-refractivity contribution is 5.77. The van der Waals surface area contributed by atoms with Gasteiger partial charge in [-0.1, -0.05) is 0 Å². The van der Waals surface area contributed by atoms with E-state index in [1.807, 2.05) is 0 Å². The molecule has 0 amide bonds. The van der Waals surface area contributed by atoms with Gasteiger partial charge in [0.1, 0.15) is 6.61 Å². The summed E-state index contributed by atoms with van der Waals surface area (Å²) in [6.45, 7) is 5.93. The predicted molar refractivity (Wildman–Crippen MR) is 49.5 cm³/mol. The Morgan fingerprint density at radius 3 is 2.64 bits per heavy atom. The Morgan fingerprint density at radius 1 is 1.57 bits per heavy atom. The normalized spacial score (nSPS) is 21.9. The van der Waals surface area contributed by atoms with Crippen LogP contribution in [0.5, 0.6) is 0 Å². The fourth-order valence-corrected chi connectivity index (χ4v) is 1.08. The molecule has 0 aromatic heterocycles. The highest BCUT2D eigenvalue weighted by Crippen LogP contribution is 2.19. The zero-order valence-corrected chi connectivity index (χ0v) is 8.83. The van der Waals surface area contributed by atoms with Crippen LogP contribution in [-0.4, -0.2) is 25.2 Å². The van der Waals surface area contributed by atoms with Gasteiger partial charge in [-0.25, -0.2) is 0 Å². The Balaban J connectivity index is 2.34. The van der Waals surface area contributed by atoms with Gasteiger partial charge in [-0.3, -0.25) is 9.59 Å². The summed E-state index contributed by atoms with van der Waals surface area (Å²) in [5.41, 5.74) is -0.511. The van der Waals surface area contributed by atoms with Crippen molar-refractivity contribution < 1.29 is 19.1 Å². The van der Waals surface area contributed by atoms with Crippen molar-refractivity contribution in [1.29, 1.82) is 0 Å². The van der Waals surface area contributed by atoms with E-state index < -0.39 is 5.41 Å². The first-order valence-corrected chi connectivity index (χ1v) is 4.75. The molecule has 4 nitrogen and oxygen atoms in total. The summed E-state index contributed by atoms with van der Waals surface area (Å²) < 4.78 is 9.77. The maximum atomic E-state index is 11.4. The number of ether oxygens (including phenoxy) is 2. The molecule has 14 heavy (non-hydrogen) atoms. The highest BCUT2D eigenvalue weighted by atomic mass is 16.6. The van der Waals surface area contributed by atoms with E-state index in [2.05, 4.69) is 0 Å². The van der Waals surface area contributed by atoms with Crippen LogP contribution in [0, 0.1) is 11.3 Å². The first-order chi connectivity index (χ1) is 6.41. The van der Waals surface area contributed by atoms with E-state index in [-0.39, 0.29) is 24.5 Å². The van der Waals surface area contributed by atoms with Crippen molar-refractivity contribution >= 4 is 11.9 Å². The van der Waals surface area contributed by atoms with Crippen LogP contribution in [0.2, 0.25) is 0 Å². The number of hydrogen-bond donors (Lipinski definition) is 0. The van der Waals surface area contributed by atoms with Crippen molar-refractivity contribution in [3.8, 4) is 0 Å². The predicted octanol–water partition coefficient (Wildman–Crippen LogP) is 1.14. The van der Waals surface area contributed by atoms with Gasteiger partial charge in [-0.15, -0.1) is 0 Å². The van der Waals surface area contributed by atoms with E-state index in [0.717, 1.165) is 0 Å². The standard InChI is InChI=1S/C10H16O4/c1-10(2,3)9(12)14-6-7-4-5-13-8(7)11/h7H,4-6H2,1-3H3. The molecule has 1 heterocycles. The van der Waals surface area contributed by atoms with Gasteiger partial charge in [0, 0.05) is 0 Å². The SMILES string of the molecule is CC(C)(C)C(=O)OCC1CCOC1=O. The van der Waals surface area contributed by atoms with Crippen LogP contribution in [0.1, 0.15) is 27.2 Å². The van der Waals surface area contributed by atoms with E-state index in [1.165, 1.54) is 0 Å². The van der Waals surface area contributed by atoms with Crippen LogP contribution in [0.15, 0.2) is 0 Å². The van der Waals surface area contributed by atoms with Crippen LogP contribution in [0.3, 0.4) is 0 Å². The van der Waals surface area contributed by atoms with Crippen LogP contribution in [0.25, 0.3) is 0 Å². The summed E-state index contributed by atoms with van der Waals surface area (Å²) in [4.78, 5) is 22.4. The molecule has 0 aromatic rings. The number of carbonyl (C=O) groups excluding carboxylic acids is 2. The maximum Gasteiger partial charge on any atom is 0.312 e. The summed E-state index contributed by atoms with van der Waals surface area (Å²) in [7, 11) is 0. The molecule has 0 aliphatic carbocycles. The molecule has 1 aliphatic heterocycles. The third-order valence-electron chi connectivity index (χ3n) is 2.07. The summed E-state index contributed by atoms with van der Waals surface area (Å²) in [6.07, 6.45) is 0.649. The molecule has 1 rings (SSSR count). The van der Waals surface area contributed by atoms with Gasteiger partial charge in [0.25, 0.3) is 0 Å². The van der Waals surface area contributed by atoms with Crippen LogP contribution >= 0.6 is 0 Å². The molecule has 0 saturated carbocycles. The first-order valence-electron chi connectivity index (χ1n) is 4.75. The molecule has 80 valence electrons. The molecule has 0 aromatic carbocycles. The number of hydrogen-bond acceptors (Lipinski definition) is 4. The Morgan fingerprint density at radius 2 is 2.21 bits per heavy atom. The molecule has 0 radical (unpaired) electrons. The molecule has 0 spiro atoms. The fraction of sp³-hybridized carbons (Fsp3) is 0.800. The second kappa shape index (κ2) is 3.98. The quantitative estimate of drug-likeness (QED) is 0.627. The first kappa shape index (κ1) is 11.0. The molecule has 1 atom stereocenters. The smallest absolute Gasteiger partial charge is 0.312 e. The van der Waals surface area contributed by atoms with Gasteiger partial charge in [-0.05, 0) is 27.2 Å². The summed E-state index contributed by atoms with van der Waals surface area (Å²) in [5.74, 6) is -0.801. The van der Waals surface area contributed by atoms with Crippen LogP contribution in [-0.2, 0) is 19.1 Å². The van der Waals surface area contributed by atoms with Crippen LogP contribution in [0.4, 0.5) is 0 Å². The minimum absolute atomic E-state index is 0.148. The maximum absolute atomic E-state index is 11.4. The van der Waals surface area contributed by atoms with Crippen molar-refractivity contribution in [2.24, 2.45) is 11.3 Å². The topological polar surface area (TPSA) is 52.6 Å². The third kappa shape index (κ3) is 2.72. The minimum atomic E-state index is -0.511. The summed E-state index contributed by atoms with van der Waals surface area (Å²) in [6, 6.07) is 0. The Hall–Kier alpha value is -1.06. The molecule has 1 saturated heterocycles. The van der Waals surface area contributed by atoms with E-state index in [4.69, 9.17) is 9.47 Å². The lowest BCUT2D eigenvalue weighted by atomic mass is 9.97. The average molecular weight is 200 g/mol. The Bertz CT molecular complexity index is 239. The van der Waals surface area contributed by atoms with Crippen molar-refractivity contribution in [1.82, 2.24) is 0 Å². The Kier molecular flexibility index (Phi) is 3.13. The lowest BCUT2D eigenvalue weighted by Gasteiger charge is -2.17. The van der Waals surface area contributed by atoms with Crippen molar-refractivity contribution in [3.63, 3.8) is 0 Å². The highest BCUT2D eigenvalue weighted by Gasteiger charge is 2.30. The minimum Gasteiger partial charge on any atom is -0.465 e. The largest absolute Gasteiger partial charge is 0.465 e. The molecular weight excluding hydrogens is 184 g/mol. The summed E-state index contributed by atoms with van der Waals surface area (Å²) >= 11 is 0. The molecule has 1 fully saturated rings. The second-order valence-electron chi connectivity index (χ2n) is 4.50. The zero-order chi connectivity index (χ0) is 10.8. The Labute approximate surface area is 83.6 Å². The average Bonchev–Trinajstić information content (AvgIpc) is 2.45. The third-order valence-corrected chi connectivity index (χ3v) is 2.07. The van der Waals surface area contributed by atoms with E-state index in [9.17, 15) is 9.59 Å². The summed E-state index contributed by atoms with van der Waals surface area (Å²) in [5, 5.41) is 0. The van der Waals surface area contributed by atoms with Gasteiger partial charge in [0.15, 0.2) is 0 Å². The van der Waals surface area contributed by atoms with Gasteiger partial charge < -0.3 is 9.47 Å². The van der Waals surface area contributed by atoms with E-state index in [1.54, 1.807) is 20.8 Å². The number of carbonyl (C=O) groups is 2. The zero-order valence-electron chi connectivity index (χ0n) is 8.83. The number of esters is 2. The monoisotopic (exact) mass is 200 g/mol. The van der Waals surface area contributed by atoms with Crippen molar-refractivity contribution in [2.45, 2.75) is 27.2 Å². The van der Waals surface area contributed by atoms with Crippen molar-refractivity contribution in [2.75, 3.05) is 13.2 Å². The molecular formula is C10H16O4. The van der Waals surface area contributed by atoms with Crippen LogP contribution < -0.4 is 0 Å². The van der Waals surface area contributed by atoms with Gasteiger partial charge >= 0.3 is 11.9 Å². The fourth-order valence-electron chi connectivity index (χ4n) is 1.08. The number of cyclic esters (lactones) is 1. The van der Waals surface area contributed by atoms with Gasteiger partial charge in [0.05, 0.1) is 17.9 Å². The van der Waals surface area contributed by atoms with E-state index in [0.29, 0.717) is 13.0 Å². The van der Waals surface area contributed by atoms with Gasteiger partial charge in [0.2, 0.25) is 0 Å². The van der Waals surface area contributed by atoms with Gasteiger partial charge in [-0.2, -0.15) is 0 Å². The second-order valence-corrected chi connectivity index (χ2v) is 4.50. The lowest BCUT2D eigenvalue weighted by molar-refractivity contribution is -0.156. The molecule has 0 N–H and O–H groups in total. The lowest BCUT2D eigenvalue weighted by Crippen LogP contribution is -2.26. The molecule has 1 aliphatic rings.